The van der Waals surface area contributed by atoms with Crippen LogP contribution in [0.25, 0.3) is 0 Å². The number of carboxylic acid groups (broad SMARTS) is 1. The maximum Gasteiger partial charge on any atom is 0.370 e. The van der Waals surface area contributed by atoms with E-state index in [4.69, 9.17) is 9.84 Å². The molecule has 0 fully saturated rings. The summed E-state index contributed by atoms with van der Waals surface area (Å²) in [6.07, 6.45) is 10.2. The Hall–Kier alpha value is -1.16. The van der Waals surface area contributed by atoms with Crippen LogP contribution in [-0.4, -0.2) is 28.7 Å². The number of allylic oxidation sites excluding steroid dienone is 3. The van der Waals surface area contributed by atoms with Crippen LogP contribution in [0.2, 0.25) is 0 Å². The van der Waals surface area contributed by atoms with Crippen LogP contribution in [0, 0.1) is 5.92 Å². The topological polar surface area (TPSA) is 46.5 Å². The van der Waals surface area contributed by atoms with Gasteiger partial charge in [-0.3, -0.25) is 0 Å². The van der Waals surface area contributed by atoms with Gasteiger partial charge in [0, 0.05) is 17.9 Å². The van der Waals surface area contributed by atoms with Crippen molar-refractivity contribution in [3.63, 3.8) is 0 Å². The summed E-state index contributed by atoms with van der Waals surface area (Å²) in [7, 11) is 0. The summed E-state index contributed by atoms with van der Waals surface area (Å²) in [6.45, 7) is 2.22. The SMILES string of the molecule is CC1C=C(CSCC2CC=C(C(=O)O)O2)C=CC1. The average Bonchev–Trinajstić information content (AvgIpc) is 2.78. The number of carboxylic acids is 1. The summed E-state index contributed by atoms with van der Waals surface area (Å²) >= 11 is 1.80. The number of ether oxygens (including phenoxy) is 1. The van der Waals surface area contributed by atoms with Crippen molar-refractivity contribution in [1.82, 2.24) is 0 Å². The lowest BCUT2D eigenvalue weighted by Crippen LogP contribution is -2.12. The summed E-state index contributed by atoms with van der Waals surface area (Å²) in [5.74, 6) is 1.59. The van der Waals surface area contributed by atoms with Crippen LogP contribution in [0.15, 0.2) is 35.6 Å². The Morgan fingerprint density at radius 3 is 3.06 bits per heavy atom. The highest BCUT2D eigenvalue weighted by molar-refractivity contribution is 7.99. The van der Waals surface area contributed by atoms with Gasteiger partial charge >= 0.3 is 5.97 Å². The van der Waals surface area contributed by atoms with Gasteiger partial charge in [-0.05, 0) is 24.0 Å². The average molecular weight is 266 g/mol. The van der Waals surface area contributed by atoms with E-state index in [9.17, 15) is 4.79 Å². The molecule has 2 unspecified atom stereocenters. The minimum Gasteiger partial charge on any atom is -0.482 e. The standard InChI is InChI=1S/C14H18O3S/c1-10-3-2-4-11(7-10)8-18-9-12-5-6-13(17-12)14(15)16/h2,4,6-7,10,12H,3,5,8-9H2,1H3,(H,15,16). The fourth-order valence-electron chi connectivity index (χ4n) is 2.08. The zero-order chi connectivity index (χ0) is 13.0. The molecule has 1 aliphatic heterocycles. The predicted octanol–water partition coefficient (Wildman–Crippen LogP) is 3.00. The van der Waals surface area contributed by atoms with Crippen LogP contribution in [-0.2, 0) is 9.53 Å². The molecule has 0 saturated heterocycles. The third-order valence-corrected chi connectivity index (χ3v) is 4.13. The van der Waals surface area contributed by atoms with Crippen LogP contribution in [0.1, 0.15) is 19.8 Å². The van der Waals surface area contributed by atoms with E-state index < -0.39 is 5.97 Å². The van der Waals surface area contributed by atoms with Gasteiger partial charge in [0.25, 0.3) is 0 Å². The Kier molecular flexibility index (Phi) is 4.53. The molecule has 18 heavy (non-hydrogen) atoms. The summed E-state index contributed by atoms with van der Waals surface area (Å²) in [5, 5.41) is 8.77. The molecule has 1 heterocycles. The molecule has 0 amide bonds. The van der Waals surface area contributed by atoms with Gasteiger partial charge in [0.1, 0.15) is 6.10 Å². The van der Waals surface area contributed by atoms with Crippen molar-refractivity contribution in [3.8, 4) is 0 Å². The van der Waals surface area contributed by atoms with Gasteiger partial charge in [-0.25, -0.2) is 4.79 Å². The molecule has 1 N–H and O–H groups in total. The Morgan fingerprint density at radius 1 is 1.56 bits per heavy atom. The van der Waals surface area contributed by atoms with Crippen molar-refractivity contribution < 1.29 is 14.6 Å². The van der Waals surface area contributed by atoms with Crippen molar-refractivity contribution >= 4 is 17.7 Å². The molecule has 4 heteroatoms. The van der Waals surface area contributed by atoms with Gasteiger partial charge in [-0.15, -0.1) is 0 Å². The van der Waals surface area contributed by atoms with E-state index in [1.54, 1.807) is 17.8 Å². The lowest BCUT2D eigenvalue weighted by Gasteiger charge is -2.14. The van der Waals surface area contributed by atoms with Gasteiger partial charge in [-0.1, -0.05) is 25.2 Å². The van der Waals surface area contributed by atoms with E-state index in [1.165, 1.54) is 5.57 Å². The van der Waals surface area contributed by atoms with Crippen molar-refractivity contribution in [2.75, 3.05) is 11.5 Å². The highest BCUT2D eigenvalue weighted by Gasteiger charge is 2.22. The van der Waals surface area contributed by atoms with Gasteiger partial charge in [0.05, 0.1) is 0 Å². The van der Waals surface area contributed by atoms with E-state index >= 15 is 0 Å². The lowest BCUT2D eigenvalue weighted by atomic mass is 9.99. The molecular formula is C14H18O3S. The third kappa shape index (κ3) is 3.67. The van der Waals surface area contributed by atoms with Gasteiger partial charge < -0.3 is 9.84 Å². The summed E-state index contributed by atoms with van der Waals surface area (Å²) < 4.78 is 5.34. The van der Waals surface area contributed by atoms with Crippen molar-refractivity contribution in [1.29, 1.82) is 0 Å². The number of rotatable bonds is 5. The summed E-state index contributed by atoms with van der Waals surface area (Å²) in [6, 6.07) is 0. The molecule has 0 radical (unpaired) electrons. The van der Waals surface area contributed by atoms with E-state index in [0.29, 0.717) is 12.3 Å². The first-order valence-corrected chi connectivity index (χ1v) is 7.35. The van der Waals surface area contributed by atoms with E-state index in [0.717, 1.165) is 17.9 Å². The summed E-state index contributed by atoms with van der Waals surface area (Å²) in [4.78, 5) is 10.7. The fraction of sp³-hybridized carbons (Fsp3) is 0.500. The predicted molar refractivity (Wildman–Crippen MR) is 73.5 cm³/mol. The largest absolute Gasteiger partial charge is 0.482 e. The van der Waals surface area contributed by atoms with Crippen molar-refractivity contribution in [2.24, 2.45) is 5.92 Å². The Bertz CT molecular complexity index is 409. The number of thioether (sulfide) groups is 1. The molecule has 98 valence electrons. The van der Waals surface area contributed by atoms with E-state index in [-0.39, 0.29) is 11.9 Å². The maximum absolute atomic E-state index is 10.7. The second-order valence-corrected chi connectivity index (χ2v) is 5.75. The first kappa shape index (κ1) is 13.3. The number of carbonyl (C=O) groups is 1. The zero-order valence-electron chi connectivity index (χ0n) is 10.5. The normalized spacial score (nSPS) is 26.5. The zero-order valence-corrected chi connectivity index (χ0v) is 11.3. The molecule has 2 atom stereocenters. The quantitative estimate of drug-likeness (QED) is 0.831. The molecule has 0 aromatic carbocycles. The Morgan fingerprint density at radius 2 is 2.39 bits per heavy atom. The van der Waals surface area contributed by atoms with Crippen LogP contribution in [0.5, 0.6) is 0 Å². The molecule has 2 aliphatic rings. The highest BCUT2D eigenvalue weighted by Crippen LogP contribution is 2.24. The van der Waals surface area contributed by atoms with Gasteiger partial charge in [-0.2, -0.15) is 11.8 Å². The molecule has 0 spiro atoms. The number of hydrogen-bond acceptors (Lipinski definition) is 3. The fourth-order valence-corrected chi connectivity index (χ4v) is 3.09. The van der Waals surface area contributed by atoms with Crippen LogP contribution < -0.4 is 0 Å². The van der Waals surface area contributed by atoms with Gasteiger partial charge in [0.15, 0.2) is 0 Å². The molecular weight excluding hydrogens is 248 g/mol. The minimum atomic E-state index is -0.964. The second kappa shape index (κ2) is 6.14. The van der Waals surface area contributed by atoms with E-state index in [1.807, 2.05) is 0 Å². The minimum absolute atomic E-state index is 0.0201. The highest BCUT2D eigenvalue weighted by atomic mass is 32.2. The second-order valence-electron chi connectivity index (χ2n) is 4.72. The number of aliphatic carboxylic acids is 1. The molecule has 0 aromatic heterocycles. The van der Waals surface area contributed by atoms with Crippen molar-refractivity contribution in [3.05, 3.63) is 35.6 Å². The first-order valence-electron chi connectivity index (χ1n) is 6.20. The molecule has 3 nitrogen and oxygen atoms in total. The van der Waals surface area contributed by atoms with Crippen LogP contribution in [0.3, 0.4) is 0 Å². The smallest absolute Gasteiger partial charge is 0.370 e. The monoisotopic (exact) mass is 266 g/mol. The Labute approximate surface area is 112 Å². The molecule has 0 aromatic rings. The first-order chi connectivity index (χ1) is 8.65. The van der Waals surface area contributed by atoms with Crippen LogP contribution in [0.4, 0.5) is 0 Å². The number of hydrogen-bond donors (Lipinski definition) is 1. The summed E-state index contributed by atoms with van der Waals surface area (Å²) in [5.41, 5.74) is 1.36. The molecule has 0 saturated carbocycles. The lowest BCUT2D eigenvalue weighted by molar-refractivity contribution is -0.136. The van der Waals surface area contributed by atoms with Crippen LogP contribution >= 0.6 is 11.8 Å². The third-order valence-electron chi connectivity index (χ3n) is 2.98. The van der Waals surface area contributed by atoms with Crippen molar-refractivity contribution in [2.45, 2.75) is 25.9 Å². The maximum atomic E-state index is 10.7. The van der Waals surface area contributed by atoms with E-state index in [2.05, 4.69) is 25.2 Å². The van der Waals surface area contributed by atoms with Gasteiger partial charge in [0.2, 0.25) is 5.76 Å². The Balaban J connectivity index is 1.68. The molecule has 2 rings (SSSR count). The molecule has 0 bridgehead atoms. The molecule has 1 aliphatic carbocycles.